The van der Waals surface area contributed by atoms with Crippen LogP contribution in [0.2, 0.25) is 0 Å². The van der Waals surface area contributed by atoms with Gasteiger partial charge in [-0.15, -0.1) is 0 Å². The Morgan fingerprint density at radius 2 is 1.94 bits per heavy atom. The summed E-state index contributed by atoms with van der Waals surface area (Å²) >= 11 is 0. The van der Waals surface area contributed by atoms with Gasteiger partial charge in [-0.2, -0.15) is 18.2 Å². The van der Waals surface area contributed by atoms with E-state index in [0.717, 1.165) is 5.56 Å². The number of aryl methyl sites for hydroxylation is 1. The number of hydroxylamine groups is 1. The first-order valence-corrected chi connectivity index (χ1v) is 6.29. The lowest BCUT2D eigenvalue weighted by Gasteiger charge is -2.05. The first-order chi connectivity index (χ1) is 7.49. The zero-order chi connectivity index (χ0) is 11.8. The Balaban J connectivity index is 2.03. The van der Waals surface area contributed by atoms with Gasteiger partial charge in [0.25, 0.3) is 0 Å². The minimum atomic E-state index is -3.83. The van der Waals surface area contributed by atoms with Gasteiger partial charge >= 0.3 is 10.1 Å². The number of rotatable bonds is 4. The van der Waals surface area contributed by atoms with Crippen LogP contribution in [0.5, 0.6) is 0 Å². The van der Waals surface area contributed by atoms with Crippen LogP contribution in [0.1, 0.15) is 12.0 Å². The normalized spacial score (nSPS) is 24.4. The number of nitrogens with one attached hydrogen (secondary N) is 1. The summed E-state index contributed by atoms with van der Waals surface area (Å²) in [6.07, 6.45) is -0.711. The molecule has 0 radical (unpaired) electrons. The second kappa shape index (κ2) is 4.12. The fourth-order valence-electron chi connectivity index (χ4n) is 1.16. The quantitative estimate of drug-likeness (QED) is 0.813. The van der Waals surface area contributed by atoms with Crippen LogP contribution in [-0.4, -0.2) is 20.6 Å². The third-order valence-electron chi connectivity index (χ3n) is 2.33. The molecule has 0 spiro atoms. The van der Waals surface area contributed by atoms with Crippen molar-refractivity contribution in [2.24, 2.45) is 0 Å². The van der Waals surface area contributed by atoms with Crippen molar-refractivity contribution in [1.29, 1.82) is 0 Å². The van der Waals surface area contributed by atoms with Crippen LogP contribution < -0.4 is 5.48 Å². The molecule has 1 N–H and O–H groups in total. The van der Waals surface area contributed by atoms with E-state index in [0.29, 0.717) is 6.42 Å². The van der Waals surface area contributed by atoms with E-state index in [1.807, 2.05) is 6.92 Å². The molecule has 88 valence electrons. The van der Waals surface area contributed by atoms with E-state index < -0.39 is 22.3 Å². The molecule has 1 aliphatic carbocycles. The molecule has 0 saturated heterocycles. The standard InChI is InChI=1S/C10H12FNO3S/c1-7-2-4-8(5-3-7)16(13,14)15-12-10-6-9(10)11/h2-5,9-10,12H,6H2,1H3/t9-,10-/m1/s1. The van der Waals surface area contributed by atoms with Crippen molar-refractivity contribution < 1.29 is 17.1 Å². The van der Waals surface area contributed by atoms with E-state index >= 15 is 0 Å². The highest BCUT2D eigenvalue weighted by Gasteiger charge is 2.39. The molecule has 1 aromatic carbocycles. The molecule has 2 rings (SSSR count). The topological polar surface area (TPSA) is 55.4 Å². The van der Waals surface area contributed by atoms with Crippen molar-refractivity contribution in [3.8, 4) is 0 Å². The van der Waals surface area contributed by atoms with Crippen molar-refractivity contribution in [3.05, 3.63) is 29.8 Å². The van der Waals surface area contributed by atoms with Crippen LogP contribution in [-0.2, 0) is 14.4 Å². The maximum absolute atomic E-state index is 12.5. The van der Waals surface area contributed by atoms with E-state index in [-0.39, 0.29) is 4.90 Å². The number of hydrogen-bond acceptors (Lipinski definition) is 4. The lowest BCUT2D eigenvalue weighted by Crippen LogP contribution is -2.23. The molecule has 1 fully saturated rings. The monoisotopic (exact) mass is 245 g/mol. The summed E-state index contributed by atoms with van der Waals surface area (Å²) < 4.78 is 40.2. The molecular formula is C10H12FNO3S. The summed E-state index contributed by atoms with van der Waals surface area (Å²) in [5, 5.41) is 0. The van der Waals surface area contributed by atoms with E-state index in [9.17, 15) is 12.8 Å². The van der Waals surface area contributed by atoms with Gasteiger partial charge in [0.2, 0.25) is 0 Å². The lowest BCUT2D eigenvalue weighted by molar-refractivity contribution is 0.187. The summed E-state index contributed by atoms with van der Waals surface area (Å²) in [4.78, 5) is 0.0571. The lowest BCUT2D eigenvalue weighted by atomic mass is 10.2. The highest BCUT2D eigenvalue weighted by molar-refractivity contribution is 7.86. The van der Waals surface area contributed by atoms with Crippen LogP contribution in [0.25, 0.3) is 0 Å². The summed E-state index contributed by atoms with van der Waals surface area (Å²) in [6.45, 7) is 1.85. The summed E-state index contributed by atoms with van der Waals surface area (Å²) in [5.41, 5.74) is 3.15. The first-order valence-electron chi connectivity index (χ1n) is 4.89. The van der Waals surface area contributed by atoms with E-state index in [1.165, 1.54) is 12.1 Å². The van der Waals surface area contributed by atoms with Gasteiger partial charge in [-0.3, -0.25) is 0 Å². The average Bonchev–Trinajstić information content (AvgIpc) is 2.93. The van der Waals surface area contributed by atoms with Crippen molar-refractivity contribution in [1.82, 2.24) is 5.48 Å². The molecule has 0 amide bonds. The maximum atomic E-state index is 12.5. The van der Waals surface area contributed by atoms with Crippen LogP contribution in [0, 0.1) is 6.92 Å². The molecule has 0 aromatic heterocycles. The van der Waals surface area contributed by atoms with E-state index in [4.69, 9.17) is 0 Å². The Morgan fingerprint density at radius 3 is 2.44 bits per heavy atom. The van der Waals surface area contributed by atoms with Gasteiger partial charge in [-0.25, -0.2) is 4.39 Å². The fourth-order valence-corrected chi connectivity index (χ4v) is 1.98. The zero-order valence-electron chi connectivity index (χ0n) is 8.68. The molecule has 0 bridgehead atoms. The Morgan fingerprint density at radius 1 is 1.38 bits per heavy atom. The third-order valence-corrected chi connectivity index (χ3v) is 3.50. The van der Waals surface area contributed by atoms with Gasteiger partial charge in [0.05, 0.1) is 10.9 Å². The molecule has 1 saturated carbocycles. The smallest absolute Gasteiger partial charge is 0.246 e. The molecule has 6 heteroatoms. The fraction of sp³-hybridized carbons (Fsp3) is 0.400. The van der Waals surface area contributed by atoms with E-state index in [1.54, 1.807) is 12.1 Å². The second-order valence-electron chi connectivity index (χ2n) is 3.83. The van der Waals surface area contributed by atoms with Crippen LogP contribution in [0.3, 0.4) is 0 Å². The maximum Gasteiger partial charge on any atom is 0.312 e. The number of hydrogen-bond donors (Lipinski definition) is 1. The van der Waals surface area contributed by atoms with Crippen molar-refractivity contribution in [2.75, 3.05) is 0 Å². The Bertz CT molecular complexity index is 471. The van der Waals surface area contributed by atoms with Gasteiger partial charge in [0, 0.05) is 6.42 Å². The third kappa shape index (κ3) is 2.58. The Labute approximate surface area is 93.5 Å². The molecule has 0 aliphatic heterocycles. The van der Waals surface area contributed by atoms with Crippen molar-refractivity contribution in [2.45, 2.75) is 30.5 Å². The Hall–Kier alpha value is -0.980. The minimum Gasteiger partial charge on any atom is -0.246 e. The van der Waals surface area contributed by atoms with E-state index in [2.05, 4.69) is 9.76 Å². The molecule has 16 heavy (non-hydrogen) atoms. The molecule has 0 heterocycles. The number of halogens is 1. The predicted molar refractivity (Wildman–Crippen MR) is 55.9 cm³/mol. The van der Waals surface area contributed by atoms with Gasteiger partial charge in [-0.05, 0) is 19.1 Å². The molecule has 1 aliphatic rings. The van der Waals surface area contributed by atoms with Gasteiger partial charge in [0.1, 0.15) is 6.17 Å². The summed E-state index contributed by atoms with van der Waals surface area (Å²) in [5.74, 6) is 0. The van der Waals surface area contributed by atoms with Gasteiger partial charge in [-0.1, -0.05) is 17.7 Å². The van der Waals surface area contributed by atoms with Gasteiger partial charge in [0.15, 0.2) is 0 Å². The summed E-state index contributed by atoms with van der Waals surface area (Å²) in [6, 6.07) is 5.75. The number of benzene rings is 1. The van der Waals surface area contributed by atoms with Crippen LogP contribution >= 0.6 is 0 Å². The van der Waals surface area contributed by atoms with Crippen LogP contribution in [0.15, 0.2) is 29.2 Å². The molecule has 2 atom stereocenters. The first kappa shape index (κ1) is 11.5. The largest absolute Gasteiger partial charge is 0.312 e. The molecule has 1 aromatic rings. The summed E-state index contributed by atoms with van der Waals surface area (Å²) in [7, 11) is -3.83. The second-order valence-corrected chi connectivity index (χ2v) is 5.37. The van der Waals surface area contributed by atoms with Crippen molar-refractivity contribution in [3.63, 3.8) is 0 Å². The highest BCUT2D eigenvalue weighted by atomic mass is 32.2. The van der Waals surface area contributed by atoms with Gasteiger partial charge < -0.3 is 0 Å². The zero-order valence-corrected chi connectivity index (χ0v) is 9.50. The SMILES string of the molecule is Cc1ccc(S(=O)(=O)ON[C@@H]2C[C@H]2F)cc1. The number of alkyl halides is 1. The Kier molecular flexibility index (Phi) is 2.96. The molecular weight excluding hydrogens is 233 g/mol. The van der Waals surface area contributed by atoms with Crippen molar-refractivity contribution >= 4 is 10.1 Å². The minimum absolute atomic E-state index is 0.0571. The highest BCUT2D eigenvalue weighted by Crippen LogP contribution is 2.25. The average molecular weight is 245 g/mol. The molecule has 0 unspecified atom stereocenters. The van der Waals surface area contributed by atoms with Crippen LogP contribution in [0.4, 0.5) is 4.39 Å². The predicted octanol–water partition coefficient (Wildman–Crippen LogP) is 1.32. The molecule has 4 nitrogen and oxygen atoms in total.